The molecular weight excluding hydrogens is 395 g/mol. The first kappa shape index (κ1) is 20.8. The molecule has 0 atom stereocenters. The third-order valence-corrected chi connectivity index (χ3v) is 4.02. The maximum atomic E-state index is 13.5. The molecule has 156 valence electrons. The molecule has 2 aromatic carbocycles. The van der Waals surface area contributed by atoms with E-state index in [1.165, 1.54) is 33.5 Å². The first-order valence-electron chi connectivity index (χ1n) is 8.77. The number of halogens is 1. The first-order chi connectivity index (χ1) is 14.5. The van der Waals surface area contributed by atoms with Gasteiger partial charge in [-0.2, -0.15) is 0 Å². The van der Waals surface area contributed by atoms with Gasteiger partial charge in [0.2, 0.25) is 11.6 Å². The van der Waals surface area contributed by atoms with Gasteiger partial charge in [0.25, 0.3) is 5.89 Å². The van der Waals surface area contributed by atoms with E-state index < -0.39 is 11.8 Å². The van der Waals surface area contributed by atoms with Crippen LogP contribution in [0.4, 0.5) is 4.39 Å². The van der Waals surface area contributed by atoms with Crippen LogP contribution in [0.5, 0.6) is 17.2 Å². The minimum Gasteiger partial charge on any atom is -0.493 e. The third kappa shape index (κ3) is 4.75. The van der Waals surface area contributed by atoms with Crippen LogP contribution in [0.15, 0.2) is 46.9 Å². The fourth-order valence-corrected chi connectivity index (χ4v) is 2.58. The number of carbonyl (C=O) groups excluding carboxylic acids is 1. The van der Waals surface area contributed by atoms with E-state index >= 15 is 0 Å². The van der Waals surface area contributed by atoms with Crippen LogP contribution < -0.4 is 14.2 Å². The maximum Gasteiger partial charge on any atom is 0.331 e. The summed E-state index contributed by atoms with van der Waals surface area (Å²) in [6.07, 6.45) is 2.45. The van der Waals surface area contributed by atoms with E-state index in [2.05, 4.69) is 10.2 Å². The molecule has 1 heterocycles. The van der Waals surface area contributed by atoms with E-state index in [-0.39, 0.29) is 24.0 Å². The minimum absolute atomic E-state index is 0.0893. The Labute approximate surface area is 171 Å². The molecule has 0 aliphatic rings. The molecule has 0 unspecified atom stereocenters. The molecule has 8 nitrogen and oxygen atoms in total. The number of rotatable bonds is 8. The number of nitrogens with zero attached hydrogens (tertiary/aromatic N) is 2. The Hall–Kier alpha value is -3.88. The molecule has 0 fully saturated rings. The normalized spacial score (nSPS) is 10.8. The van der Waals surface area contributed by atoms with Crippen LogP contribution in [0.3, 0.4) is 0 Å². The highest BCUT2D eigenvalue weighted by Gasteiger charge is 2.18. The average Bonchev–Trinajstić information content (AvgIpc) is 3.25. The van der Waals surface area contributed by atoms with E-state index in [4.69, 9.17) is 23.4 Å². The topological polar surface area (TPSA) is 92.9 Å². The maximum absolute atomic E-state index is 13.5. The van der Waals surface area contributed by atoms with Crippen molar-refractivity contribution in [3.05, 3.63) is 59.7 Å². The Morgan fingerprint density at radius 2 is 1.77 bits per heavy atom. The number of esters is 1. The highest BCUT2D eigenvalue weighted by Crippen LogP contribution is 2.40. The molecule has 3 aromatic rings. The summed E-state index contributed by atoms with van der Waals surface area (Å²) in [7, 11) is 4.49. The molecule has 3 rings (SSSR count). The summed E-state index contributed by atoms with van der Waals surface area (Å²) in [6.45, 7) is -0.238. The van der Waals surface area contributed by atoms with E-state index in [0.29, 0.717) is 22.8 Å². The summed E-state index contributed by atoms with van der Waals surface area (Å²) in [4.78, 5) is 11.8. The molecule has 1 aromatic heterocycles. The van der Waals surface area contributed by atoms with E-state index in [9.17, 15) is 9.18 Å². The van der Waals surface area contributed by atoms with Gasteiger partial charge < -0.3 is 23.4 Å². The van der Waals surface area contributed by atoms with Crippen LogP contribution in [-0.2, 0) is 16.1 Å². The van der Waals surface area contributed by atoms with Crippen molar-refractivity contribution in [1.82, 2.24) is 10.2 Å². The highest BCUT2D eigenvalue weighted by atomic mass is 19.1. The number of carbonyl (C=O) groups is 1. The standard InChI is InChI=1S/C21H19FN2O6/c1-26-16-10-14(11-17(27-2)20(16)28-3)21-24-23-18(30-21)12-29-19(25)9-8-13-6-4-5-7-15(13)22/h4-11H,12H2,1-3H3/b9-8+. The van der Waals surface area contributed by atoms with Crippen molar-refractivity contribution in [2.24, 2.45) is 0 Å². The molecule has 0 radical (unpaired) electrons. The summed E-state index contributed by atoms with van der Waals surface area (Å²) in [5, 5.41) is 7.81. The molecular formula is C21H19FN2O6. The molecule has 0 saturated heterocycles. The van der Waals surface area contributed by atoms with Crippen molar-refractivity contribution >= 4 is 12.0 Å². The highest BCUT2D eigenvalue weighted by molar-refractivity contribution is 5.87. The van der Waals surface area contributed by atoms with Gasteiger partial charge in [-0.15, -0.1) is 10.2 Å². The fourth-order valence-electron chi connectivity index (χ4n) is 2.58. The number of benzene rings is 2. The number of hydrogen-bond donors (Lipinski definition) is 0. The van der Waals surface area contributed by atoms with E-state index in [1.54, 1.807) is 30.3 Å². The molecule has 0 amide bonds. The third-order valence-electron chi connectivity index (χ3n) is 4.02. The second-order valence-electron chi connectivity index (χ2n) is 5.88. The largest absolute Gasteiger partial charge is 0.493 e. The van der Waals surface area contributed by atoms with Crippen molar-refractivity contribution in [2.45, 2.75) is 6.61 Å². The lowest BCUT2D eigenvalue weighted by atomic mass is 10.2. The van der Waals surface area contributed by atoms with Crippen molar-refractivity contribution in [2.75, 3.05) is 21.3 Å². The summed E-state index contributed by atoms with van der Waals surface area (Å²) in [5.74, 6) is 0.444. The molecule has 0 bridgehead atoms. The van der Waals surface area contributed by atoms with Gasteiger partial charge in [-0.05, 0) is 24.3 Å². The zero-order valence-electron chi connectivity index (χ0n) is 16.5. The van der Waals surface area contributed by atoms with Gasteiger partial charge in [-0.1, -0.05) is 18.2 Å². The molecule has 30 heavy (non-hydrogen) atoms. The molecule has 0 aliphatic heterocycles. The van der Waals surface area contributed by atoms with Gasteiger partial charge in [0.15, 0.2) is 18.1 Å². The lowest BCUT2D eigenvalue weighted by Crippen LogP contribution is -2.01. The lowest BCUT2D eigenvalue weighted by Gasteiger charge is -2.12. The first-order valence-corrected chi connectivity index (χ1v) is 8.77. The van der Waals surface area contributed by atoms with Crippen LogP contribution in [0, 0.1) is 5.82 Å². The van der Waals surface area contributed by atoms with Gasteiger partial charge in [0.05, 0.1) is 21.3 Å². The summed E-state index contributed by atoms with van der Waals surface area (Å²) < 4.78 is 40.0. The number of aromatic nitrogens is 2. The molecule has 0 spiro atoms. The molecule has 0 saturated carbocycles. The van der Waals surface area contributed by atoms with Crippen LogP contribution in [0.2, 0.25) is 0 Å². The number of hydrogen-bond acceptors (Lipinski definition) is 8. The molecule has 0 N–H and O–H groups in total. The van der Waals surface area contributed by atoms with Crippen LogP contribution in [0.1, 0.15) is 11.5 Å². The van der Waals surface area contributed by atoms with Crippen molar-refractivity contribution in [1.29, 1.82) is 0 Å². The smallest absolute Gasteiger partial charge is 0.331 e. The van der Waals surface area contributed by atoms with Gasteiger partial charge in [0.1, 0.15) is 5.82 Å². The zero-order chi connectivity index (χ0) is 21.5. The lowest BCUT2D eigenvalue weighted by molar-refractivity contribution is -0.139. The molecule has 0 aliphatic carbocycles. The molecule has 9 heteroatoms. The van der Waals surface area contributed by atoms with Crippen LogP contribution >= 0.6 is 0 Å². The second-order valence-corrected chi connectivity index (χ2v) is 5.88. The summed E-state index contributed by atoms with van der Waals surface area (Å²) >= 11 is 0. The van der Waals surface area contributed by atoms with Gasteiger partial charge >= 0.3 is 5.97 Å². The van der Waals surface area contributed by atoms with Crippen LogP contribution in [-0.4, -0.2) is 37.5 Å². The monoisotopic (exact) mass is 414 g/mol. The zero-order valence-corrected chi connectivity index (χ0v) is 16.5. The number of ether oxygens (including phenoxy) is 4. The quantitative estimate of drug-likeness (QED) is 0.407. The van der Waals surface area contributed by atoms with Gasteiger partial charge in [-0.25, -0.2) is 9.18 Å². The Kier molecular flexibility index (Phi) is 6.63. The average molecular weight is 414 g/mol. The fraction of sp³-hybridized carbons (Fsp3) is 0.190. The summed E-state index contributed by atoms with van der Waals surface area (Å²) in [5.41, 5.74) is 0.811. The van der Waals surface area contributed by atoms with Crippen molar-refractivity contribution < 1.29 is 32.5 Å². The Bertz CT molecular complexity index is 1040. The van der Waals surface area contributed by atoms with Gasteiger partial charge in [0, 0.05) is 17.2 Å². The van der Waals surface area contributed by atoms with E-state index in [1.807, 2.05) is 0 Å². The van der Waals surface area contributed by atoms with Crippen LogP contribution in [0.25, 0.3) is 17.5 Å². The SMILES string of the molecule is COc1cc(-c2nnc(COC(=O)/C=C/c3ccccc3F)o2)cc(OC)c1OC. The second kappa shape index (κ2) is 9.55. The Balaban J connectivity index is 1.68. The Morgan fingerprint density at radius 1 is 1.07 bits per heavy atom. The minimum atomic E-state index is -0.675. The number of methoxy groups -OCH3 is 3. The van der Waals surface area contributed by atoms with Crippen molar-refractivity contribution in [3.63, 3.8) is 0 Å². The van der Waals surface area contributed by atoms with E-state index in [0.717, 1.165) is 6.08 Å². The predicted octanol–water partition coefficient (Wildman–Crippen LogP) is 3.66. The van der Waals surface area contributed by atoms with Crippen molar-refractivity contribution in [3.8, 4) is 28.7 Å². The van der Waals surface area contributed by atoms with Gasteiger partial charge in [-0.3, -0.25) is 0 Å². The Morgan fingerprint density at radius 3 is 2.40 bits per heavy atom. The summed E-state index contributed by atoms with van der Waals surface area (Å²) in [6, 6.07) is 9.38. The predicted molar refractivity (Wildman–Crippen MR) is 105 cm³/mol.